The third-order valence-corrected chi connectivity index (χ3v) is 10.8. The van der Waals surface area contributed by atoms with E-state index in [1.807, 2.05) is 13.0 Å². The van der Waals surface area contributed by atoms with Gasteiger partial charge in [0, 0.05) is 43.3 Å². The van der Waals surface area contributed by atoms with Crippen molar-refractivity contribution >= 4 is 34.3 Å². The standard InChI is InChI=1S/C32H37FN12O3S/c1-18-38-32(48-23-12-21-5-6-22(13-23)43(21)9-10-46)29(49-18)31(47)39-20-3-2-8-42(15-20)27-14-26(45-28(27)30(34)35-16-37-45)19-4-7-25(24(33)11-19)44-17-36-40-41-44/h4,7,11,14,16-17,20-23,46H,2-3,5-6,8-10,12-13,15H2,1H3,(H,39,47)(H2,34,35,37)/t20-,21?,22?,23?/m1/s1. The van der Waals surface area contributed by atoms with Crippen molar-refractivity contribution in [2.75, 3.05) is 36.9 Å². The lowest BCUT2D eigenvalue weighted by Gasteiger charge is -2.38. The van der Waals surface area contributed by atoms with Crippen LogP contribution in [0.2, 0.25) is 0 Å². The lowest BCUT2D eigenvalue weighted by atomic mass is 10.00. The Hall–Kier alpha value is -4.74. The number of carbonyl (C=O) groups excluding carboxylic acids is 1. The van der Waals surface area contributed by atoms with Gasteiger partial charge in [-0.15, -0.1) is 16.4 Å². The Morgan fingerprint density at radius 1 is 1.18 bits per heavy atom. The molecule has 49 heavy (non-hydrogen) atoms. The minimum absolute atomic E-state index is 0.0140. The average Bonchev–Trinajstić information content (AvgIpc) is 3.88. The molecule has 0 radical (unpaired) electrons. The molecule has 0 spiro atoms. The summed E-state index contributed by atoms with van der Waals surface area (Å²) in [6.45, 7) is 4.01. The Bertz CT molecular complexity index is 1970. The summed E-state index contributed by atoms with van der Waals surface area (Å²) < 4.78 is 24.6. The van der Waals surface area contributed by atoms with E-state index in [-0.39, 0.29) is 30.3 Å². The van der Waals surface area contributed by atoms with Crippen molar-refractivity contribution in [2.45, 2.75) is 69.7 Å². The second-order valence-electron chi connectivity index (χ2n) is 12.9. The number of halogens is 1. The largest absolute Gasteiger partial charge is 0.473 e. The summed E-state index contributed by atoms with van der Waals surface area (Å²) >= 11 is 1.34. The molecular weight excluding hydrogens is 651 g/mol. The first kappa shape index (κ1) is 31.5. The van der Waals surface area contributed by atoms with Crippen LogP contribution in [-0.2, 0) is 0 Å². The molecule has 5 aromatic rings. The fraction of sp³-hybridized carbons (Fsp3) is 0.469. The van der Waals surface area contributed by atoms with Crippen LogP contribution in [0.4, 0.5) is 15.9 Å². The van der Waals surface area contributed by atoms with Crippen molar-refractivity contribution < 1.29 is 19.0 Å². The number of aliphatic hydroxyl groups excluding tert-OH is 1. The fourth-order valence-corrected chi connectivity index (χ4v) is 8.53. The Balaban J connectivity index is 1.00. The second kappa shape index (κ2) is 12.9. The Morgan fingerprint density at radius 3 is 2.78 bits per heavy atom. The van der Waals surface area contributed by atoms with Crippen molar-refractivity contribution in [3.8, 4) is 22.8 Å². The number of nitrogen functional groups attached to an aromatic ring is 1. The third kappa shape index (κ3) is 5.95. The highest BCUT2D eigenvalue weighted by atomic mass is 32.1. The van der Waals surface area contributed by atoms with Crippen LogP contribution in [0, 0.1) is 12.7 Å². The molecule has 1 amide bonds. The van der Waals surface area contributed by atoms with E-state index in [2.05, 4.69) is 45.7 Å². The monoisotopic (exact) mass is 688 g/mol. The van der Waals surface area contributed by atoms with Crippen molar-refractivity contribution in [3.63, 3.8) is 0 Å². The van der Waals surface area contributed by atoms with E-state index < -0.39 is 5.82 Å². The van der Waals surface area contributed by atoms with Crippen LogP contribution >= 0.6 is 11.3 Å². The number of rotatable bonds is 9. The van der Waals surface area contributed by atoms with Crippen molar-refractivity contribution in [1.82, 2.24) is 50.0 Å². The van der Waals surface area contributed by atoms with Crippen LogP contribution in [0.15, 0.2) is 36.9 Å². The number of tetrazole rings is 1. The topological polar surface area (TPSA) is 178 Å². The van der Waals surface area contributed by atoms with Gasteiger partial charge < -0.3 is 25.8 Å². The molecule has 256 valence electrons. The molecule has 3 saturated heterocycles. The van der Waals surface area contributed by atoms with Crippen LogP contribution in [0.1, 0.15) is 53.2 Å². The quantitative estimate of drug-likeness (QED) is 0.207. The van der Waals surface area contributed by atoms with Gasteiger partial charge in [-0.05, 0) is 74.1 Å². The van der Waals surface area contributed by atoms with Gasteiger partial charge in [-0.25, -0.2) is 18.9 Å². The first-order valence-electron chi connectivity index (χ1n) is 16.6. The molecule has 3 fully saturated rings. The zero-order chi connectivity index (χ0) is 33.6. The van der Waals surface area contributed by atoms with Gasteiger partial charge in [0.25, 0.3) is 5.91 Å². The first-order valence-corrected chi connectivity index (χ1v) is 17.4. The van der Waals surface area contributed by atoms with Crippen LogP contribution in [0.5, 0.6) is 5.88 Å². The van der Waals surface area contributed by atoms with Crippen LogP contribution in [-0.4, -0.2) is 106 Å². The number of thiazole rings is 1. The summed E-state index contributed by atoms with van der Waals surface area (Å²) in [6.07, 6.45) is 8.27. The molecule has 3 aliphatic rings. The number of amides is 1. The lowest BCUT2D eigenvalue weighted by Crippen LogP contribution is -2.48. The minimum Gasteiger partial charge on any atom is -0.473 e. The number of aliphatic hydroxyl groups is 1. The molecular formula is C32H37FN12O3S. The predicted octanol–water partition coefficient (Wildman–Crippen LogP) is 2.62. The Morgan fingerprint density at radius 2 is 2.02 bits per heavy atom. The van der Waals surface area contributed by atoms with Gasteiger partial charge in [-0.3, -0.25) is 9.69 Å². The van der Waals surface area contributed by atoms with E-state index in [1.165, 1.54) is 34.7 Å². The van der Waals surface area contributed by atoms with Crippen LogP contribution in [0.25, 0.3) is 22.5 Å². The highest BCUT2D eigenvalue weighted by molar-refractivity contribution is 7.13. The number of carbonyl (C=O) groups is 1. The van der Waals surface area contributed by atoms with E-state index in [0.29, 0.717) is 58.5 Å². The van der Waals surface area contributed by atoms with Gasteiger partial charge in [0.15, 0.2) is 10.7 Å². The molecule has 4 aromatic heterocycles. The van der Waals surface area contributed by atoms with Crippen LogP contribution < -0.4 is 20.7 Å². The lowest BCUT2D eigenvalue weighted by molar-refractivity contribution is 0.0368. The molecule has 8 rings (SSSR count). The highest BCUT2D eigenvalue weighted by Crippen LogP contribution is 2.39. The van der Waals surface area contributed by atoms with Crippen LogP contribution in [0.3, 0.4) is 0 Å². The number of anilines is 2. The van der Waals surface area contributed by atoms with Gasteiger partial charge in [-0.1, -0.05) is 6.07 Å². The maximum atomic E-state index is 15.2. The number of aromatic nitrogens is 8. The number of hydrogen-bond donors (Lipinski definition) is 3. The zero-order valence-electron chi connectivity index (χ0n) is 26.9. The average molecular weight is 689 g/mol. The maximum Gasteiger partial charge on any atom is 0.267 e. The van der Waals surface area contributed by atoms with Gasteiger partial charge in [-0.2, -0.15) is 9.78 Å². The molecule has 0 saturated carbocycles. The molecule has 3 atom stereocenters. The molecule has 0 aliphatic carbocycles. The molecule has 7 heterocycles. The number of nitrogens with zero attached hydrogens (tertiary/aromatic N) is 10. The summed E-state index contributed by atoms with van der Waals surface area (Å²) in [5, 5.41) is 29.0. The molecule has 15 nitrogen and oxygen atoms in total. The number of hydrogen-bond acceptors (Lipinski definition) is 13. The zero-order valence-corrected chi connectivity index (χ0v) is 27.8. The van der Waals surface area contributed by atoms with Gasteiger partial charge >= 0.3 is 0 Å². The number of benzene rings is 1. The number of piperidine rings is 2. The molecule has 3 aliphatic heterocycles. The minimum atomic E-state index is -0.495. The van der Waals surface area contributed by atoms with Crippen molar-refractivity contribution in [2.24, 2.45) is 0 Å². The van der Waals surface area contributed by atoms with E-state index in [0.717, 1.165) is 55.8 Å². The summed E-state index contributed by atoms with van der Waals surface area (Å²) in [5.41, 5.74) is 9.28. The predicted molar refractivity (Wildman–Crippen MR) is 179 cm³/mol. The number of aryl methyl sites for hydroxylation is 1. The van der Waals surface area contributed by atoms with Gasteiger partial charge in [0.2, 0.25) is 5.88 Å². The molecule has 1 aromatic carbocycles. The fourth-order valence-electron chi connectivity index (χ4n) is 7.77. The Labute approximate surface area is 284 Å². The first-order chi connectivity index (χ1) is 23.9. The summed E-state index contributed by atoms with van der Waals surface area (Å²) in [6, 6.07) is 7.38. The van der Waals surface area contributed by atoms with Gasteiger partial charge in [0.1, 0.15) is 35.8 Å². The number of nitrogens with two attached hydrogens (primary N) is 1. The summed E-state index contributed by atoms with van der Waals surface area (Å²) in [7, 11) is 0. The molecule has 2 bridgehead atoms. The van der Waals surface area contributed by atoms with E-state index in [4.69, 9.17) is 10.5 Å². The smallest absolute Gasteiger partial charge is 0.267 e. The maximum absolute atomic E-state index is 15.2. The van der Waals surface area contributed by atoms with E-state index in [1.54, 1.807) is 16.6 Å². The normalized spacial score (nSPS) is 22.6. The summed E-state index contributed by atoms with van der Waals surface area (Å²) in [4.78, 5) is 27.7. The Kier molecular flexibility index (Phi) is 8.33. The SMILES string of the molecule is Cc1nc(OC2CC3CCC(C2)N3CCO)c(C(=O)N[C@@H]2CCCN(c3cc(-c4ccc(-n5cnnn5)c(F)c4)n4ncnc(N)c34)C2)s1. The van der Waals surface area contributed by atoms with Gasteiger partial charge in [0.05, 0.1) is 23.0 Å². The molecule has 2 unspecified atom stereocenters. The van der Waals surface area contributed by atoms with E-state index >= 15 is 4.39 Å². The molecule has 4 N–H and O–H groups in total. The number of fused-ring (bicyclic) bond motifs is 3. The number of ether oxygens (including phenoxy) is 1. The van der Waals surface area contributed by atoms with E-state index in [9.17, 15) is 9.90 Å². The highest BCUT2D eigenvalue weighted by Gasteiger charge is 2.41. The molecule has 17 heteroatoms. The van der Waals surface area contributed by atoms with Crippen molar-refractivity contribution in [1.29, 1.82) is 0 Å². The third-order valence-electron chi connectivity index (χ3n) is 9.89. The second-order valence-corrected chi connectivity index (χ2v) is 14.1. The number of nitrogens with one attached hydrogen (secondary N) is 1. The summed E-state index contributed by atoms with van der Waals surface area (Å²) in [5.74, 6) is 0.00607. The van der Waals surface area contributed by atoms with Crippen molar-refractivity contribution in [3.05, 3.63) is 52.6 Å².